The van der Waals surface area contributed by atoms with Crippen LogP contribution in [-0.4, -0.2) is 51.4 Å². The number of rotatable bonds is 3. The van der Waals surface area contributed by atoms with Crippen molar-refractivity contribution in [2.75, 3.05) is 36.5 Å². The molecule has 1 fully saturated rings. The molecule has 4 heterocycles. The van der Waals surface area contributed by atoms with Crippen LogP contribution >= 0.6 is 0 Å². The summed E-state index contributed by atoms with van der Waals surface area (Å²) in [6.07, 6.45) is 5.35. The van der Waals surface area contributed by atoms with E-state index in [9.17, 15) is 0 Å². The standard InChI is InChI=1S/C20H25N7O2/c1-12-16-17(22-11-23-18(16)29-26-12)24-14-8-20(2,3)9-15-13(14)10-21-19(25-15)27-4-6-28-7-5-27/h10-11,14H,4-9H2,1-3H3,(H,22,23,24). The number of hydrogen-bond donors (Lipinski definition) is 1. The second kappa shape index (κ2) is 6.91. The van der Waals surface area contributed by atoms with Crippen LogP contribution in [-0.2, 0) is 11.2 Å². The van der Waals surface area contributed by atoms with E-state index in [0.717, 1.165) is 73.2 Å². The Morgan fingerprint density at radius 3 is 2.83 bits per heavy atom. The van der Waals surface area contributed by atoms with Crippen LogP contribution in [0.3, 0.4) is 0 Å². The first-order valence-corrected chi connectivity index (χ1v) is 10.0. The topological polar surface area (TPSA) is 102 Å². The van der Waals surface area contributed by atoms with Crippen molar-refractivity contribution in [3.05, 3.63) is 29.5 Å². The minimum absolute atomic E-state index is 0.0555. The molecule has 3 aromatic rings. The van der Waals surface area contributed by atoms with Crippen LogP contribution in [0.25, 0.3) is 11.1 Å². The van der Waals surface area contributed by atoms with Crippen molar-refractivity contribution in [3.8, 4) is 0 Å². The summed E-state index contributed by atoms with van der Waals surface area (Å²) in [7, 11) is 0. The Morgan fingerprint density at radius 2 is 2.00 bits per heavy atom. The highest BCUT2D eigenvalue weighted by molar-refractivity contribution is 5.87. The number of morpholine rings is 1. The zero-order valence-corrected chi connectivity index (χ0v) is 17.0. The number of nitrogens with zero attached hydrogens (tertiary/aromatic N) is 6. The maximum absolute atomic E-state index is 5.46. The summed E-state index contributed by atoms with van der Waals surface area (Å²) in [5, 5.41) is 8.45. The number of anilines is 2. The van der Waals surface area contributed by atoms with Gasteiger partial charge in [-0.1, -0.05) is 19.0 Å². The third-order valence-electron chi connectivity index (χ3n) is 5.71. The summed E-state index contributed by atoms with van der Waals surface area (Å²) in [5.41, 5.74) is 3.60. The van der Waals surface area contributed by atoms with Crippen LogP contribution in [0.4, 0.5) is 11.8 Å². The van der Waals surface area contributed by atoms with Crippen LogP contribution in [0.1, 0.15) is 43.3 Å². The Kier molecular flexibility index (Phi) is 4.34. The van der Waals surface area contributed by atoms with Crippen molar-refractivity contribution in [1.29, 1.82) is 0 Å². The first kappa shape index (κ1) is 18.2. The zero-order valence-electron chi connectivity index (χ0n) is 17.0. The molecule has 9 nitrogen and oxygen atoms in total. The van der Waals surface area contributed by atoms with Gasteiger partial charge in [-0.25, -0.2) is 15.0 Å². The Morgan fingerprint density at radius 1 is 1.17 bits per heavy atom. The predicted molar refractivity (Wildman–Crippen MR) is 108 cm³/mol. The maximum atomic E-state index is 5.46. The molecule has 1 unspecified atom stereocenters. The van der Waals surface area contributed by atoms with Gasteiger partial charge in [0.15, 0.2) is 0 Å². The highest BCUT2D eigenvalue weighted by atomic mass is 16.5. The second-order valence-corrected chi connectivity index (χ2v) is 8.58. The molecule has 1 saturated heterocycles. The monoisotopic (exact) mass is 395 g/mol. The third kappa shape index (κ3) is 3.39. The fraction of sp³-hybridized carbons (Fsp3) is 0.550. The highest BCUT2D eigenvalue weighted by Crippen LogP contribution is 2.42. The van der Waals surface area contributed by atoms with Crippen molar-refractivity contribution in [2.45, 2.75) is 39.7 Å². The molecule has 1 N–H and O–H groups in total. The molecule has 1 aliphatic carbocycles. The Hall–Kier alpha value is -2.81. The molecule has 5 rings (SSSR count). The average Bonchev–Trinajstić information content (AvgIpc) is 3.09. The SMILES string of the molecule is Cc1noc2ncnc(NC3CC(C)(C)Cc4nc(N5CCOCC5)ncc43)c12. The van der Waals surface area contributed by atoms with Gasteiger partial charge in [0.25, 0.3) is 5.71 Å². The van der Waals surface area contributed by atoms with E-state index in [-0.39, 0.29) is 11.5 Å². The molecule has 0 bridgehead atoms. The predicted octanol–water partition coefficient (Wildman–Crippen LogP) is 2.68. The van der Waals surface area contributed by atoms with Crippen LogP contribution in [0, 0.1) is 12.3 Å². The Balaban J connectivity index is 1.50. The molecule has 0 spiro atoms. The number of nitrogens with one attached hydrogen (secondary N) is 1. The number of hydrogen-bond acceptors (Lipinski definition) is 9. The fourth-order valence-electron chi connectivity index (χ4n) is 4.28. The van der Waals surface area contributed by atoms with E-state index in [2.05, 4.69) is 44.2 Å². The van der Waals surface area contributed by atoms with Gasteiger partial charge in [-0.05, 0) is 25.2 Å². The molecule has 29 heavy (non-hydrogen) atoms. The summed E-state index contributed by atoms with van der Waals surface area (Å²) in [6.45, 7) is 9.56. The smallest absolute Gasteiger partial charge is 0.263 e. The molecule has 0 saturated carbocycles. The molecular weight excluding hydrogens is 370 g/mol. The maximum Gasteiger partial charge on any atom is 0.263 e. The van der Waals surface area contributed by atoms with Gasteiger partial charge in [-0.3, -0.25) is 0 Å². The average molecular weight is 395 g/mol. The minimum Gasteiger partial charge on any atom is -0.378 e. The zero-order chi connectivity index (χ0) is 20.0. The Bertz CT molecular complexity index is 1040. The van der Waals surface area contributed by atoms with E-state index in [1.165, 1.54) is 6.33 Å². The molecule has 1 aliphatic heterocycles. The van der Waals surface area contributed by atoms with E-state index < -0.39 is 0 Å². The molecule has 9 heteroatoms. The van der Waals surface area contributed by atoms with E-state index in [1.807, 2.05) is 13.1 Å². The lowest BCUT2D eigenvalue weighted by Crippen LogP contribution is -2.38. The first-order valence-electron chi connectivity index (χ1n) is 10.0. The van der Waals surface area contributed by atoms with Crippen LogP contribution < -0.4 is 10.2 Å². The number of aryl methyl sites for hydroxylation is 1. The van der Waals surface area contributed by atoms with E-state index in [4.69, 9.17) is 14.2 Å². The Labute approximate surface area is 168 Å². The molecule has 152 valence electrons. The van der Waals surface area contributed by atoms with Gasteiger partial charge in [0.05, 0.1) is 30.6 Å². The van der Waals surface area contributed by atoms with Crippen molar-refractivity contribution in [2.24, 2.45) is 5.41 Å². The molecule has 0 aromatic carbocycles. The second-order valence-electron chi connectivity index (χ2n) is 8.58. The van der Waals surface area contributed by atoms with Gasteiger partial charge in [0.2, 0.25) is 5.95 Å². The van der Waals surface area contributed by atoms with Crippen LogP contribution in [0.2, 0.25) is 0 Å². The summed E-state index contributed by atoms with van der Waals surface area (Å²) in [4.78, 5) is 20.5. The normalized spacial score (nSPS) is 21.2. The molecule has 0 amide bonds. The largest absolute Gasteiger partial charge is 0.378 e. The van der Waals surface area contributed by atoms with Crippen LogP contribution in [0.15, 0.2) is 17.0 Å². The summed E-state index contributed by atoms with van der Waals surface area (Å²) >= 11 is 0. The van der Waals surface area contributed by atoms with Gasteiger partial charge in [-0.15, -0.1) is 0 Å². The van der Waals surface area contributed by atoms with Gasteiger partial charge >= 0.3 is 0 Å². The number of aromatic nitrogens is 5. The lowest BCUT2D eigenvalue weighted by Gasteiger charge is -2.37. The molecule has 3 aromatic heterocycles. The van der Waals surface area contributed by atoms with Gasteiger partial charge in [0.1, 0.15) is 17.5 Å². The van der Waals surface area contributed by atoms with Gasteiger partial charge in [0, 0.05) is 24.8 Å². The van der Waals surface area contributed by atoms with E-state index in [0.29, 0.717) is 5.71 Å². The van der Waals surface area contributed by atoms with Crippen molar-refractivity contribution < 1.29 is 9.26 Å². The number of ether oxygens (including phenoxy) is 1. The van der Waals surface area contributed by atoms with Gasteiger partial charge < -0.3 is 19.5 Å². The van der Waals surface area contributed by atoms with E-state index >= 15 is 0 Å². The summed E-state index contributed by atoms with van der Waals surface area (Å²) < 4.78 is 10.7. The minimum atomic E-state index is 0.0555. The quantitative estimate of drug-likeness (QED) is 0.717. The van der Waals surface area contributed by atoms with Crippen molar-refractivity contribution in [3.63, 3.8) is 0 Å². The highest BCUT2D eigenvalue weighted by Gasteiger charge is 2.35. The lowest BCUT2D eigenvalue weighted by molar-refractivity contribution is 0.122. The molecular formula is C20H25N7O2. The lowest BCUT2D eigenvalue weighted by atomic mass is 9.74. The van der Waals surface area contributed by atoms with Crippen molar-refractivity contribution in [1.82, 2.24) is 25.1 Å². The number of fused-ring (bicyclic) bond motifs is 2. The third-order valence-corrected chi connectivity index (χ3v) is 5.71. The molecule has 1 atom stereocenters. The molecule has 0 radical (unpaired) electrons. The fourth-order valence-corrected chi connectivity index (χ4v) is 4.28. The molecule has 2 aliphatic rings. The van der Waals surface area contributed by atoms with E-state index in [1.54, 1.807) is 0 Å². The first-order chi connectivity index (χ1) is 14.0. The van der Waals surface area contributed by atoms with Crippen LogP contribution in [0.5, 0.6) is 0 Å². The van der Waals surface area contributed by atoms with Crippen molar-refractivity contribution >= 4 is 22.9 Å². The van der Waals surface area contributed by atoms with Gasteiger partial charge in [-0.2, -0.15) is 4.98 Å². The summed E-state index contributed by atoms with van der Waals surface area (Å²) in [5.74, 6) is 1.53. The summed E-state index contributed by atoms with van der Waals surface area (Å²) in [6, 6.07) is 0.0555.